The summed E-state index contributed by atoms with van der Waals surface area (Å²) in [5, 5.41) is 1.06. The van der Waals surface area contributed by atoms with E-state index in [0.29, 0.717) is 13.1 Å². The van der Waals surface area contributed by atoms with E-state index in [4.69, 9.17) is 0 Å². The van der Waals surface area contributed by atoms with Gasteiger partial charge in [0.1, 0.15) is 6.61 Å². The predicted octanol–water partition coefficient (Wildman–Crippen LogP) is 3.79. The van der Waals surface area contributed by atoms with Crippen molar-refractivity contribution in [2.75, 3.05) is 5.33 Å². The molecule has 1 rings (SSSR count). The maximum Gasteiger partial charge on any atom is 0.293 e. The molecule has 0 unspecified atom stereocenters. The Kier molecular flexibility index (Phi) is 17.3. The average Bonchev–Trinajstić information content (AvgIpc) is 2.31. The molecule has 0 aromatic heterocycles. The van der Waals surface area contributed by atoms with E-state index in [9.17, 15) is 4.79 Å². The van der Waals surface area contributed by atoms with Crippen molar-refractivity contribution in [3.63, 3.8) is 0 Å². The van der Waals surface area contributed by atoms with Crippen LogP contribution in [0.1, 0.15) is 26.3 Å². The highest BCUT2D eigenvalue weighted by Gasteiger charge is 1.87. The molecule has 0 radical (unpaired) electrons. The molecule has 0 saturated heterocycles. The third-order valence-corrected chi connectivity index (χ3v) is 1.16. The van der Waals surface area contributed by atoms with Gasteiger partial charge in [-0.15, -0.1) is 0 Å². The Balaban J connectivity index is 0. The molecule has 0 heterocycles. The van der Waals surface area contributed by atoms with Crippen molar-refractivity contribution in [2.24, 2.45) is 0 Å². The zero-order valence-corrected chi connectivity index (χ0v) is 11.2. The lowest BCUT2D eigenvalue weighted by Gasteiger charge is -1.95. The molecule has 3 heteroatoms. The lowest BCUT2D eigenvalue weighted by atomic mass is 10.2. The lowest BCUT2D eigenvalue weighted by molar-refractivity contribution is -0.129. The molecule has 0 saturated carbocycles. The lowest BCUT2D eigenvalue weighted by Crippen LogP contribution is -1.88. The quantitative estimate of drug-likeness (QED) is 0.619. The van der Waals surface area contributed by atoms with Crippen LogP contribution in [0, 0.1) is 0 Å². The van der Waals surface area contributed by atoms with Crippen LogP contribution in [-0.2, 0) is 16.1 Å². The van der Waals surface area contributed by atoms with Gasteiger partial charge in [-0.3, -0.25) is 4.79 Å². The summed E-state index contributed by atoms with van der Waals surface area (Å²) in [6, 6.07) is 9.55. The van der Waals surface area contributed by atoms with Gasteiger partial charge in [0.15, 0.2) is 0 Å². The monoisotopic (exact) mass is 274 g/mol. The van der Waals surface area contributed by atoms with Gasteiger partial charge in [0.05, 0.1) is 0 Å². The smallest absolute Gasteiger partial charge is 0.293 e. The Bertz CT molecular complexity index is 212. The molecule has 15 heavy (non-hydrogen) atoms. The first-order valence-electron chi connectivity index (χ1n) is 5.00. The van der Waals surface area contributed by atoms with Gasteiger partial charge in [-0.05, 0) is 5.56 Å². The summed E-state index contributed by atoms with van der Waals surface area (Å²) in [6.45, 7) is 6.86. The van der Waals surface area contributed by atoms with Gasteiger partial charge in [-0.2, -0.15) is 0 Å². The van der Waals surface area contributed by atoms with E-state index in [2.05, 4.69) is 20.7 Å². The largest absolute Gasteiger partial charge is 0.463 e. The molecule has 0 fully saturated rings. The third kappa shape index (κ3) is 13.2. The molecule has 1 aromatic carbocycles. The Morgan fingerprint density at radius 1 is 1.27 bits per heavy atom. The van der Waals surface area contributed by atoms with Crippen molar-refractivity contribution >= 4 is 22.4 Å². The number of ether oxygens (including phenoxy) is 1. The molecule has 86 valence electrons. The van der Waals surface area contributed by atoms with Crippen LogP contribution < -0.4 is 0 Å². The highest BCUT2D eigenvalue weighted by Crippen LogP contribution is 1.98. The standard InChI is InChI=1S/C8H8O2.C2H5Br.C2H6/c9-7-10-6-8-4-2-1-3-5-8;1-2-3;1-2/h1-5,7H,6H2;2H2,1H3;1-2H3. The van der Waals surface area contributed by atoms with Crippen molar-refractivity contribution in [1.82, 2.24) is 0 Å². The summed E-state index contributed by atoms with van der Waals surface area (Å²) < 4.78 is 4.54. The van der Waals surface area contributed by atoms with Crippen molar-refractivity contribution in [1.29, 1.82) is 0 Å². The molecule has 0 aliphatic carbocycles. The maximum absolute atomic E-state index is 9.76. The second-order valence-corrected chi connectivity index (χ2v) is 3.28. The molecule has 0 amide bonds. The van der Waals surface area contributed by atoms with Gasteiger partial charge in [0, 0.05) is 5.33 Å². The summed E-state index contributed by atoms with van der Waals surface area (Å²) >= 11 is 3.15. The molecular weight excluding hydrogens is 256 g/mol. The first-order chi connectivity index (χ1) is 7.35. The fraction of sp³-hybridized carbons (Fsp3) is 0.417. The van der Waals surface area contributed by atoms with Crippen molar-refractivity contribution in [3.05, 3.63) is 35.9 Å². The van der Waals surface area contributed by atoms with Crippen LogP contribution in [0.5, 0.6) is 0 Å². The minimum absolute atomic E-state index is 0.365. The fourth-order valence-corrected chi connectivity index (χ4v) is 0.704. The number of alkyl halides is 1. The minimum atomic E-state index is 0.365. The second kappa shape index (κ2) is 15.6. The summed E-state index contributed by atoms with van der Waals surface area (Å²) in [7, 11) is 0. The number of hydrogen-bond acceptors (Lipinski definition) is 2. The minimum Gasteiger partial charge on any atom is -0.463 e. The Hall–Kier alpha value is -0.830. The van der Waals surface area contributed by atoms with Crippen LogP contribution in [-0.4, -0.2) is 11.8 Å². The van der Waals surface area contributed by atoms with Crippen molar-refractivity contribution in [2.45, 2.75) is 27.4 Å². The molecule has 1 aromatic rings. The molecule has 0 aliphatic rings. The van der Waals surface area contributed by atoms with Gasteiger partial charge in [-0.1, -0.05) is 67.0 Å². The van der Waals surface area contributed by atoms with Crippen molar-refractivity contribution < 1.29 is 9.53 Å². The van der Waals surface area contributed by atoms with E-state index >= 15 is 0 Å². The van der Waals surface area contributed by atoms with Gasteiger partial charge in [0.2, 0.25) is 0 Å². The zero-order valence-electron chi connectivity index (χ0n) is 9.57. The van der Waals surface area contributed by atoms with Gasteiger partial charge >= 0.3 is 0 Å². The Labute approximate surface area is 101 Å². The number of halogens is 1. The maximum atomic E-state index is 9.76. The molecule has 0 bridgehead atoms. The predicted molar refractivity (Wildman–Crippen MR) is 68.1 cm³/mol. The number of benzene rings is 1. The van der Waals surface area contributed by atoms with E-state index in [1.54, 1.807) is 0 Å². The number of rotatable bonds is 3. The highest BCUT2D eigenvalue weighted by molar-refractivity contribution is 9.09. The summed E-state index contributed by atoms with van der Waals surface area (Å²) in [4.78, 5) is 9.76. The van der Waals surface area contributed by atoms with Crippen LogP contribution in [0.4, 0.5) is 0 Å². The molecule has 0 N–H and O–H groups in total. The van der Waals surface area contributed by atoms with Crippen LogP contribution in [0.25, 0.3) is 0 Å². The molecule has 0 aliphatic heterocycles. The van der Waals surface area contributed by atoms with Crippen molar-refractivity contribution in [3.8, 4) is 0 Å². The van der Waals surface area contributed by atoms with Crippen LogP contribution in [0.3, 0.4) is 0 Å². The highest BCUT2D eigenvalue weighted by atomic mass is 79.9. The van der Waals surface area contributed by atoms with E-state index < -0.39 is 0 Å². The van der Waals surface area contributed by atoms with Gasteiger partial charge < -0.3 is 4.74 Å². The topological polar surface area (TPSA) is 26.3 Å². The average molecular weight is 275 g/mol. The normalized spacial score (nSPS) is 7.47. The van der Waals surface area contributed by atoms with E-state index in [-0.39, 0.29) is 0 Å². The number of carbonyl (C=O) groups is 1. The van der Waals surface area contributed by atoms with E-state index in [0.717, 1.165) is 10.9 Å². The van der Waals surface area contributed by atoms with Crippen LogP contribution in [0.2, 0.25) is 0 Å². The SMILES string of the molecule is CC.CCBr.O=COCc1ccccc1. The summed E-state index contributed by atoms with van der Waals surface area (Å²) in [5.41, 5.74) is 1.01. The number of hydrogen-bond donors (Lipinski definition) is 0. The first kappa shape index (κ1) is 16.6. The fourth-order valence-electron chi connectivity index (χ4n) is 0.704. The molecule has 0 atom stereocenters. The molecular formula is C12H19BrO2. The van der Waals surface area contributed by atoms with Crippen LogP contribution >= 0.6 is 15.9 Å². The summed E-state index contributed by atoms with van der Waals surface area (Å²) in [5.74, 6) is 0. The number of carbonyl (C=O) groups excluding carboxylic acids is 1. The molecule has 0 spiro atoms. The van der Waals surface area contributed by atoms with E-state index in [1.807, 2.05) is 51.1 Å². The van der Waals surface area contributed by atoms with Gasteiger partial charge in [-0.25, -0.2) is 0 Å². The first-order valence-corrected chi connectivity index (χ1v) is 6.12. The Morgan fingerprint density at radius 3 is 2.13 bits per heavy atom. The zero-order chi connectivity index (χ0) is 11.9. The van der Waals surface area contributed by atoms with Gasteiger partial charge in [0.25, 0.3) is 6.47 Å². The van der Waals surface area contributed by atoms with E-state index in [1.165, 1.54) is 0 Å². The van der Waals surface area contributed by atoms with Crippen LogP contribution in [0.15, 0.2) is 30.3 Å². The second-order valence-electron chi connectivity index (χ2n) is 2.16. The summed E-state index contributed by atoms with van der Waals surface area (Å²) in [6.07, 6.45) is 0. The third-order valence-electron chi connectivity index (χ3n) is 1.16. The molecule has 2 nitrogen and oxygen atoms in total. The Morgan fingerprint density at radius 2 is 1.73 bits per heavy atom.